The first kappa shape index (κ1) is 14.5. The van der Waals surface area contributed by atoms with Crippen LogP contribution in [0.5, 0.6) is 0 Å². The van der Waals surface area contributed by atoms with Gasteiger partial charge in [0.1, 0.15) is 0 Å². The number of hydrogen-bond acceptors (Lipinski definition) is 2. The number of nitrogens with one attached hydrogen (secondary N) is 2. The highest BCUT2D eigenvalue weighted by Gasteiger charge is 2.53. The Balaban J connectivity index is 1.38. The van der Waals surface area contributed by atoms with Gasteiger partial charge in [-0.1, -0.05) is 18.2 Å². The molecule has 1 amide bonds. The average Bonchev–Trinajstić information content (AvgIpc) is 2.97. The van der Waals surface area contributed by atoms with E-state index in [-0.39, 0.29) is 11.9 Å². The minimum atomic E-state index is -0.0318. The first-order valence-electron chi connectivity index (χ1n) is 9.37. The van der Waals surface area contributed by atoms with Gasteiger partial charge in [0.15, 0.2) is 5.69 Å². The minimum absolute atomic E-state index is 0.0318. The Morgan fingerprint density at radius 3 is 2.46 bits per heavy atom. The number of carbonyl (C=O) groups is 1. The summed E-state index contributed by atoms with van der Waals surface area (Å²) in [5.74, 6) is 2.68. The van der Waals surface area contributed by atoms with Crippen LogP contribution in [0.4, 0.5) is 0 Å². The normalized spacial score (nSPS) is 35.3. The third-order valence-corrected chi connectivity index (χ3v) is 7.04. The van der Waals surface area contributed by atoms with Crippen LogP contribution in [-0.4, -0.2) is 22.1 Å². The zero-order chi connectivity index (χ0) is 16.3. The van der Waals surface area contributed by atoms with Crippen LogP contribution in [0.15, 0.2) is 24.3 Å². The van der Waals surface area contributed by atoms with Gasteiger partial charge in [-0.15, -0.1) is 0 Å². The van der Waals surface area contributed by atoms with E-state index in [0.717, 1.165) is 28.7 Å². The van der Waals surface area contributed by atoms with Crippen molar-refractivity contribution in [3.63, 3.8) is 0 Å². The lowest BCUT2D eigenvalue weighted by molar-refractivity contribution is -0.0688. The first-order valence-corrected chi connectivity index (χ1v) is 9.37. The van der Waals surface area contributed by atoms with E-state index in [2.05, 4.69) is 22.4 Å². The number of hydrogen-bond donors (Lipinski definition) is 2. The molecule has 4 heteroatoms. The fraction of sp³-hybridized carbons (Fsp3) is 0.600. The van der Waals surface area contributed by atoms with Gasteiger partial charge in [0.25, 0.3) is 5.91 Å². The topological polar surface area (TPSA) is 57.8 Å². The molecule has 2 aromatic rings. The van der Waals surface area contributed by atoms with Gasteiger partial charge < -0.3 is 5.32 Å². The molecule has 0 aliphatic heterocycles. The van der Waals surface area contributed by atoms with Gasteiger partial charge in [-0.3, -0.25) is 9.89 Å². The lowest BCUT2D eigenvalue weighted by Crippen LogP contribution is -2.55. The minimum Gasteiger partial charge on any atom is -0.348 e. The number of amides is 1. The lowest BCUT2D eigenvalue weighted by atomic mass is 9.48. The highest BCUT2D eigenvalue weighted by Crippen LogP contribution is 2.61. The summed E-state index contributed by atoms with van der Waals surface area (Å²) in [4.78, 5) is 12.8. The maximum Gasteiger partial charge on any atom is 0.272 e. The molecular weight excluding hydrogens is 298 g/mol. The van der Waals surface area contributed by atoms with Gasteiger partial charge >= 0.3 is 0 Å². The Kier molecular flexibility index (Phi) is 3.07. The fourth-order valence-corrected chi connectivity index (χ4v) is 6.26. The number of nitrogens with zero attached hydrogens (tertiary/aromatic N) is 1. The van der Waals surface area contributed by atoms with Gasteiger partial charge in [0, 0.05) is 11.4 Å². The lowest BCUT2D eigenvalue weighted by Gasteiger charge is -2.59. The summed E-state index contributed by atoms with van der Waals surface area (Å²) in [5.41, 5.74) is 1.78. The standard InChI is InChI=1S/C20H25N3O/c1-12(20-9-13-6-14(10-20)8-15(7-13)11-20)21-19(24)18-16-4-2-3-5-17(16)22-23-18/h2-5,12-15H,6-11H2,1H3,(H,21,24)(H,22,23)/t12-,13?,14?,15?,20?/m1/s1. The van der Waals surface area contributed by atoms with Crippen LogP contribution in [0.1, 0.15) is 55.9 Å². The molecule has 4 nitrogen and oxygen atoms in total. The van der Waals surface area contributed by atoms with Crippen molar-refractivity contribution in [1.82, 2.24) is 15.5 Å². The second-order valence-corrected chi connectivity index (χ2v) is 8.59. The molecule has 0 unspecified atom stereocenters. The molecule has 0 spiro atoms. The molecule has 1 aromatic carbocycles. The summed E-state index contributed by atoms with van der Waals surface area (Å²) in [7, 11) is 0. The zero-order valence-electron chi connectivity index (χ0n) is 14.2. The van der Waals surface area contributed by atoms with Crippen LogP contribution in [0.25, 0.3) is 10.9 Å². The van der Waals surface area contributed by atoms with E-state index in [9.17, 15) is 4.79 Å². The highest BCUT2D eigenvalue weighted by atomic mass is 16.2. The molecule has 4 saturated carbocycles. The number of para-hydroxylation sites is 1. The summed E-state index contributed by atoms with van der Waals surface area (Å²) in [6.45, 7) is 2.22. The molecule has 0 radical (unpaired) electrons. The van der Waals surface area contributed by atoms with E-state index in [0.29, 0.717) is 11.1 Å². The predicted octanol–water partition coefficient (Wildman–Crippen LogP) is 3.90. The number of H-pyrrole nitrogens is 1. The molecule has 4 bridgehead atoms. The molecule has 2 N–H and O–H groups in total. The molecule has 24 heavy (non-hydrogen) atoms. The Morgan fingerprint density at radius 1 is 1.17 bits per heavy atom. The van der Waals surface area contributed by atoms with E-state index < -0.39 is 0 Å². The van der Waals surface area contributed by atoms with Crippen LogP contribution in [0, 0.1) is 23.2 Å². The smallest absolute Gasteiger partial charge is 0.272 e. The molecule has 1 atom stereocenters. The van der Waals surface area contributed by atoms with E-state index in [1.165, 1.54) is 38.5 Å². The number of fused-ring (bicyclic) bond motifs is 1. The van der Waals surface area contributed by atoms with Crippen LogP contribution in [0.3, 0.4) is 0 Å². The van der Waals surface area contributed by atoms with Gasteiger partial charge in [-0.25, -0.2) is 0 Å². The van der Waals surface area contributed by atoms with Crippen molar-refractivity contribution in [2.24, 2.45) is 23.2 Å². The van der Waals surface area contributed by atoms with Crippen LogP contribution < -0.4 is 5.32 Å². The SMILES string of the molecule is C[C@@H](NC(=O)c1n[nH]c2ccccc12)C12CC3CC(CC(C3)C1)C2. The molecule has 6 rings (SSSR count). The van der Waals surface area contributed by atoms with E-state index >= 15 is 0 Å². The molecule has 0 saturated heterocycles. The van der Waals surface area contributed by atoms with Crippen LogP contribution in [0.2, 0.25) is 0 Å². The summed E-state index contributed by atoms with van der Waals surface area (Å²) in [5, 5.41) is 11.4. The summed E-state index contributed by atoms with van der Waals surface area (Å²) < 4.78 is 0. The number of carbonyl (C=O) groups excluding carboxylic acids is 1. The summed E-state index contributed by atoms with van der Waals surface area (Å²) in [6, 6.07) is 8.07. The van der Waals surface area contributed by atoms with Gasteiger partial charge in [0.05, 0.1) is 5.52 Å². The quantitative estimate of drug-likeness (QED) is 0.900. The molecule has 1 heterocycles. The number of aromatic nitrogens is 2. The Bertz CT molecular complexity index is 758. The number of aromatic amines is 1. The molecule has 4 aliphatic rings. The molecule has 4 aliphatic carbocycles. The van der Waals surface area contributed by atoms with Gasteiger partial charge in [-0.05, 0) is 74.7 Å². The van der Waals surface area contributed by atoms with Crippen molar-refractivity contribution >= 4 is 16.8 Å². The van der Waals surface area contributed by atoms with Crippen molar-refractivity contribution in [1.29, 1.82) is 0 Å². The second-order valence-electron chi connectivity index (χ2n) is 8.59. The zero-order valence-corrected chi connectivity index (χ0v) is 14.2. The molecule has 1 aromatic heterocycles. The average molecular weight is 323 g/mol. The Hall–Kier alpha value is -1.84. The van der Waals surface area contributed by atoms with Crippen molar-refractivity contribution < 1.29 is 4.79 Å². The van der Waals surface area contributed by atoms with Crippen molar-refractivity contribution in [3.05, 3.63) is 30.0 Å². The molecule has 126 valence electrons. The Labute approximate surface area is 142 Å². The van der Waals surface area contributed by atoms with E-state index in [1.54, 1.807) is 0 Å². The largest absolute Gasteiger partial charge is 0.348 e. The highest BCUT2D eigenvalue weighted by molar-refractivity contribution is 6.04. The van der Waals surface area contributed by atoms with Crippen molar-refractivity contribution in [3.8, 4) is 0 Å². The van der Waals surface area contributed by atoms with E-state index in [1.807, 2.05) is 24.3 Å². The summed E-state index contributed by atoms with van der Waals surface area (Å²) in [6.07, 6.45) is 8.23. The maximum absolute atomic E-state index is 12.8. The van der Waals surface area contributed by atoms with E-state index in [4.69, 9.17) is 0 Å². The van der Waals surface area contributed by atoms with Crippen molar-refractivity contribution in [2.75, 3.05) is 0 Å². The second kappa shape index (κ2) is 5.08. The number of rotatable bonds is 3. The number of benzene rings is 1. The third-order valence-electron chi connectivity index (χ3n) is 7.04. The van der Waals surface area contributed by atoms with Crippen LogP contribution in [-0.2, 0) is 0 Å². The Morgan fingerprint density at radius 2 is 1.79 bits per heavy atom. The maximum atomic E-state index is 12.8. The first-order chi connectivity index (χ1) is 11.6. The van der Waals surface area contributed by atoms with Crippen LogP contribution >= 0.6 is 0 Å². The predicted molar refractivity (Wildman–Crippen MR) is 93.6 cm³/mol. The van der Waals surface area contributed by atoms with Gasteiger partial charge in [0.2, 0.25) is 0 Å². The fourth-order valence-electron chi connectivity index (χ4n) is 6.26. The monoisotopic (exact) mass is 323 g/mol. The summed E-state index contributed by atoms with van der Waals surface area (Å²) >= 11 is 0. The molecule has 4 fully saturated rings. The van der Waals surface area contributed by atoms with Gasteiger partial charge in [-0.2, -0.15) is 5.10 Å². The molecular formula is C20H25N3O. The van der Waals surface area contributed by atoms with Crippen molar-refractivity contribution in [2.45, 2.75) is 51.5 Å². The third kappa shape index (κ3) is 2.11.